The van der Waals surface area contributed by atoms with Crippen molar-refractivity contribution < 1.29 is 64.9 Å². The second-order valence-electron chi connectivity index (χ2n) is 4.29. The van der Waals surface area contributed by atoms with Gasteiger partial charge in [0.1, 0.15) is 0 Å². The number of allylic oxidation sites excluding steroid dienone is 8. The zero-order valence-electron chi connectivity index (χ0n) is 10.6. The van der Waals surface area contributed by atoms with Crippen molar-refractivity contribution in [2.24, 2.45) is 5.92 Å². The Morgan fingerprint density at radius 2 is 1.53 bits per heavy atom. The normalized spacial score (nSPS) is 15.5. The van der Waals surface area contributed by atoms with Crippen molar-refractivity contribution in [1.82, 2.24) is 0 Å². The van der Waals surface area contributed by atoms with Crippen molar-refractivity contribution in [3.8, 4) is 0 Å². The summed E-state index contributed by atoms with van der Waals surface area (Å²) in [5, 5.41) is 0. The molecule has 1 nitrogen and oxygen atoms in total. The van der Waals surface area contributed by atoms with Gasteiger partial charge < -0.3 is 37.2 Å². The zero-order valence-corrected chi connectivity index (χ0v) is 16.5. The average molecular weight is 486 g/mol. The summed E-state index contributed by atoms with van der Waals surface area (Å²) in [4.78, 5) is 0. The fourth-order valence-electron chi connectivity index (χ4n) is 2.41. The Labute approximate surface area is 150 Å². The fraction of sp³-hybridized carbons (Fsp3) is 0.429. The Morgan fingerprint density at radius 1 is 1.00 bits per heavy atom. The minimum atomic E-state index is 0. The van der Waals surface area contributed by atoms with Crippen LogP contribution in [0.15, 0.2) is 47.6 Å². The molecule has 0 aromatic carbocycles. The fourth-order valence-corrected chi connectivity index (χ4v) is 2.93. The van der Waals surface area contributed by atoms with Crippen LogP contribution in [0.3, 0.4) is 0 Å². The van der Waals surface area contributed by atoms with Gasteiger partial charge in [0, 0.05) is 0 Å². The van der Waals surface area contributed by atoms with E-state index in [1.54, 1.807) is 11.1 Å². The predicted molar refractivity (Wildman–Crippen MR) is 62.4 cm³/mol. The second kappa shape index (κ2) is 12.4. The van der Waals surface area contributed by atoms with E-state index >= 15 is 0 Å². The van der Waals surface area contributed by atoms with E-state index < -0.39 is 0 Å². The molecule has 0 aromatic rings. The minimum absolute atomic E-state index is 0. The summed E-state index contributed by atoms with van der Waals surface area (Å²) in [6.07, 6.45) is 18.2. The van der Waals surface area contributed by atoms with Gasteiger partial charge in [-0.3, -0.25) is 0 Å². The molecule has 0 saturated carbocycles. The van der Waals surface area contributed by atoms with E-state index in [-0.39, 0.29) is 37.2 Å². The molecule has 0 N–H and O–H groups in total. The van der Waals surface area contributed by atoms with Gasteiger partial charge in [0.15, 0.2) is 0 Å². The van der Waals surface area contributed by atoms with Crippen LogP contribution in [0.25, 0.3) is 0 Å². The Kier molecular flexibility index (Phi) is 14.3. The molecule has 0 atom stereocenters. The summed E-state index contributed by atoms with van der Waals surface area (Å²) < 4.78 is 5.29. The van der Waals surface area contributed by atoms with Gasteiger partial charge >= 0.3 is 113 Å². The Morgan fingerprint density at radius 3 is 1.89 bits per heavy atom. The van der Waals surface area contributed by atoms with E-state index in [9.17, 15) is 0 Å². The predicted octanol–water partition coefficient (Wildman–Crippen LogP) is -5.35. The van der Waals surface area contributed by atoms with Gasteiger partial charge in [0.05, 0.1) is 0 Å². The molecule has 0 spiro atoms. The molecule has 0 amide bonds. The van der Waals surface area contributed by atoms with Crippen LogP contribution in [-0.2, 0) is 27.7 Å². The molecule has 0 bridgehead atoms. The average Bonchev–Trinajstić information content (AvgIpc) is 2.97. The first kappa shape index (κ1) is 21.9. The third kappa shape index (κ3) is 6.77. The zero-order chi connectivity index (χ0) is 11.2. The summed E-state index contributed by atoms with van der Waals surface area (Å²) in [6, 6.07) is 0. The van der Waals surface area contributed by atoms with E-state index in [0.717, 1.165) is 44.3 Å². The van der Waals surface area contributed by atoms with Crippen LogP contribution in [0.2, 0.25) is 0 Å². The van der Waals surface area contributed by atoms with Gasteiger partial charge in [0.25, 0.3) is 0 Å². The molecule has 0 heterocycles. The standard InChI is InChI=1S/C14H17O.3ClH.Hf/c15-11-5-10-14(12-6-1-2-7-12)13-8-3-4-9-13;;;;/h1-4,6,8,14H,5,7,9-11H2;3*1H;/q-1;;;;+4/p-3. The van der Waals surface area contributed by atoms with Crippen molar-refractivity contribution in [3.05, 3.63) is 47.6 Å². The molecule has 0 aliphatic heterocycles. The number of hydrogen-bond donors (Lipinski definition) is 0. The van der Waals surface area contributed by atoms with Gasteiger partial charge in [-0.1, -0.05) is 0 Å². The van der Waals surface area contributed by atoms with E-state index in [1.165, 1.54) is 12.8 Å². The maximum absolute atomic E-state index is 5.29. The molecule has 0 saturated heterocycles. The number of hydrogen-bond acceptors (Lipinski definition) is 1. The van der Waals surface area contributed by atoms with Gasteiger partial charge in [0.2, 0.25) is 0 Å². The summed E-state index contributed by atoms with van der Waals surface area (Å²) in [7, 11) is 0. The molecule has 104 valence electrons. The Balaban J connectivity index is 0. The van der Waals surface area contributed by atoms with Crippen LogP contribution in [0.1, 0.15) is 25.7 Å². The van der Waals surface area contributed by atoms with E-state index in [0.29, 0.717) is 5.92 Å². The SMILES string of the molecule is [Cl-].[Cl-].[Cl-].[Hf+3][O]CCCC(C1=CC=CC1)C1=CC=CC1. The van der Waals surface area contributed by atoms with E-state index in [4.69, 9.17) is 2.85 Å². The number of halogens is 3. The van der Waals surface area contributed by atoms with Crippen LogP contribution in [0.5, 0.6) is 0 Å². The first-order valence-corrected chi connectivity index (χ1v) is 7.38. The molecule has 2 rings (SSSR count). The molecule has 19 heavy (non-hydrogen) atoms. The quantitative estimate of drug-likeness (QED) is 0.270. The first-order chi connectivity index (χ1) is 7.92. The van der Waals surface area contributed by atoms with Crippen LogP contribution in [0.4, 0.5) is 0 Å². The first-order valence-electron chi connectivity index (χ1n) is 5.91. The molecular formula is C14H17Cl3HfO. The van der Waals surface area contributed by atoms with Gasteiger partial charge in [-0.05, 0) is 0 Å². The van der Waals surface area contributed by atoms with Crippen molar-refractivity contribution in [3.63, 3.8) is 0 Å². The van der Waals surface area contributed by atoms with Crippen LogP contribution in [0, 0.1) is 5.92 Å². The van der Waals surface area contributed by atoms with E-state index in [2.05, 4.69) is 36.5 Å². The molecule has 0 fully saturated rings. The maximum atomic E-state index is 5.29. The van der Waals surface area contributed by atoms with Crippen molar-refractivity contribution in [2.45, 2.75) is 25.7 Å². The molecule has 2 aliphatic carbocycles. The third-order valence-corrected chi connectivity index (χ3v) is 3.97. The van der Waals surface area contributed by atoms with E-state index in [1.807, 2.05) is 0 Å². The molecule has 0 unspecified atom stereocenters. The molecule has 0 aromatic heterocycles. The Hall–Kier alpha value is 0.660. The van der Waals surface area contributed by atoms with Crippen LogP contribution < -0.4 is 37.2 Å². The van der Waals surface area contributed by atoms with Crippen LogP contribution >= 0.6 is 0 Å². The van der Waals surface area contributed by atoms with Gasteiger partial charge in [-0.25, -0.2) is 0 Å². The summed E-state index contributed by atoms with van der Waals surface area (Å²) in [5.74, 6) is 0.654. The summed E-state index contributed by atoms with van der Waals surface area (Å²) >= 11 is 0.866. The topological polar surface area (TPSA) is 9.23 Å². The van der Waals surface area contributed by atoms with Crippen molar-refractivity contribution in [2.75, 3.05) is 6.61 Å². The number of rotatable bonds is 6. The summed E-state index contributed by atoms with van der Waals surface area (Å²) in [6.45, 7) is 0.935. The molecule has 5 heteroatoms. The Bertz CT molecular complexity index is 332. The second-order valence-corrected chi connectivity index (χ2v) is 5.33. The molecule has 2 aliphatic rings. The van der Waals surface area contributed by atoms with Crippen LogP contribution in [-0.4, -0.2) is 6.61 Å². The van der Waals surface area contributed by atoms with Crippen molar-refractivity contribution in [1.29, 1.82) is 0 Å². The molecular weight excluding hydrogens is 469 g/mol. The third-order valence-electron chi connectivity index (χ3n) is 3.23. The monoisotopic (exact) mass is 486 g/mol. The summed E-state index contributed by atoms with van der Waals surface area (Å²) in [5.41, 5.74) is 3.17. The van der Waals surface area contributed by atoms with Gasteiger partial charge in [-0.2, -0.15) is 0 Å². The molecule has 0 radical (unpaired) electrons. The van der Waals surface area contributed by atoms with Gasteiger partial charge in [-0.15, -0.1) is 0 Å². The van der Waals surface area contributed by atoms with Crippen molar-refractivity contribution >= 4 is 0 Å².